The molecule has 160 valence electrons. The molecule has 0 atom stereocenters. The van der Waals surface area contributed by atoms with E-state index in [0.717, 1.165) is 5.69 Å². The Kier molecular flexibility index (Phi) is 6.18. The number of nitrogen functional groups attached to an aromatic ring is 1. The summed E-state index contributed by atoms with van der Waals surface area (Å²) in [6.07, 6.45) is 4.55. The first-order chi connectivity index (χ1) is 15.1. The Labute approximate surface area is 178 Å². The fraction of sp³-hybridized carbons (Fsp3) is 0.238. The lowest BCUT2D eigenvalue weighted by Gasteiger charge is -2.29. The number of anilines is 2. The van der Waals surface area contributed by atoms with E-state index in [2.05, 4.69) is 25.3 Å². The lowest BCUT2D eigenvalue weighted by atomic mass is 10.2. The summed E-state index contributed by atoms with van der Waals surface area (Å²) in [5, 5.41) is 15.5. The van der Waals surface area contributed by atoms with Gasteiger partial charge in [0.1, 0.15) is 23.5 Å². The molecule has 4 rings (SSSR count). The summed E-state index contributed by atoms with van der Waals surface area (Å²) in [5.41, 5.74) is 8.31. The minimum atomic E-state index is -0.320. The number of ether oxygens (including phenoxy) is 1. The van der Waals surface area contributed by atoms with Gasteiger partial charge in [0.05, 0.1) is 30.8 Å². The molecule has 0 saturated carbocycles. The maximum Gasteiger partial charge on any atom is 0.179 e. The van der Waals surface area contributed by atoms with Crippen LogP contribution in [0.25, 0.3) is 5.70 Å². The largest absolute Gasteiger partial charge is 0.382 e. The van der Waals surface area contributed by atoms with Crippen LogP contribution in [-0.2, 0) is 11.3 Å². The number of nitrogens with two attached hydrogens (primary N) is 1. The smallest absolute Gasteiger partial charge is 0.179 e. The zero-order valence-electron chi connectivity index (χ0n) is 16.7. The SMILES string of the molecule is N=C(/C=C(\NCc1ccccc1F)c1ccon1)c1ncc(N2CCOCC2)c(N)n1. The van der Waals surface area contributed by atoms with Crippen LogP contribution < -0.4 is 16.0 Å². The average Bonchev–Trinajstić information content (AvgIpc) is 3.33. The first-order valence-corrected chi connectivity index (χ1v) is 9.75. The Morgan fingerprint density at radius 3 is 2.77 bits per heavy atom. The molecule has 0 aliphatic carbocycles. The Hall–Kier alpha value is -3.79. The van der Waals surface area contributed by atoms with Crippen LogP contribution in [0.15, 0.2) is 53.4 Å². The second kappa shape index (κ2) is 9.35. The van der Waals surface area contributed by atoms with E-state index in [1.54, 1.807) is 30.5 Å². The van der Waals surface area contributed by atoms with E-state index < -0.39 is 0 Å². The van der Waals surface area contributed by atoms with Gasteiger partial charge in [0, 0.05) is 31.3 Å². The molecular weight excluding hydrogens is 401 g/mol. The summed E-state index contributed by atoms with van der Waals surface area (Å²) in [7, 11) is 0. The van der Waals surface area contributed by atoms with Crippen molar-refractivity contribution in [2.24, 2.45) is 0 Å². The van der Waals surface area contributed by atoms with Crippen LogP contribution in [0.2, 0.25) is 0 Å². The molecule has 1 aliphatic rings. The molecule has 0 amide bonds. The van der Waals surface area contributed by atoms with E-state index in [1.165, 1.54) is 18.4 Å². The second-order valence-corrected chi connectivity index (χ2v) is 6.86. The van der Waals surface area contributed by atoms with Crippen molar-refractivity contribution < 1.29 is 13.7 Å². The number of nitrogens with one attached hydrogen (secondary N) is 2. The van der Waals surface area contributed by atoms with Crippen LogP contribution in [0.1, 0.15) is 17.1 Å². The summed E-state index contributed by atoms with van der Waals surface area (Å²) in [6, 6.07) is 8.11. The normalized spacial score (nSPS) is 14.5. The van der Waals surface area contributed by atoms with Crippen molar-refractivity contribution in [3.05, 3.63) is 71.8 Å². The van der Waals surface area contributed by atoms with Gasteiger partial charge in [-0.05, 0) is 12.1 Å². The van der Waals surface area contributed by atoms with Crippen molar-refractivity contribution in [3.8, 4) is 0 Å². The van der Waals surface area contributed by atoms with E-state index in [0.29, 0.717) is 49.1 Å². The van der Waals surface area contributed by atoms with Crippen molar-refractivity contribution >= 4 is 22.9 Å². The number of benzene rings is 1. The number of hydrogen-bond donors (Lipinski definition) is 3. The second-order valence-electron chi connectivity index (χ2n) is 6.86. The molecule has 3 heterocycles. The number of nitrogens with zero attached hydrogens (tertiary/aromatic N) is 4. The van der Waals surface area contributed by atoms with Crippen LogP contribution in [0.5, 0.6) is 0 Å². The van der Waals surface area contributed by atoms with E-state index in [-0.39, 0.29) is 23.9 Å². The highest BCUT2D eigenvalue weighted by Gasteiger charge is 2.17. The number of hydrogen-bond acceptors (Lipinski definition) is 9. The zero-order valence-corrected chi connectivity index (χ0v) is 16.7. The molecule has 1 aromatic carbocycles. The van der Waals surface area contributed by atoms with Crippen molar-refractivity contribution in [1.29, 1.82) is 5.41 Å². The molecule has 0 spiro atoms. The average molecular weight is 423 g/mol. The van der Waals surface area contributed by atoms with Gasteiger partial charge < -0.3 is 25.2 Å². The molecule has 31 heavy (non-hydrogen) atoms. The molecule has 10 heteroatoms. The van der Waals surface area contributed by atoms with E-state index in [9.17, 15) is 4.39 Å². The van der Waals surface area contributed by atoms with Crippen LogP contribution in [0.3, 0.4) is 0 Å². The standard InChI is InChI=1S/C21H22FN7O2/c22-15-4-2-1-3-14(15)12-25-18(17-5-8-31-28-17)11-16(23)21-26-13-19(20(24)27-21)29-6-9-30-10-7-29/h1-5,8,11,13,23,25H,6-7,9-10,12H2,(H2,24,26,27)/b18-11-,23-16?. The Morgan fingerprint density at radius 2 is 2.06 bits per heavy atom. The highest BCUT2D eigenvalue weighted by Crippen LogP contribution is 2.21. The van der Waals surface area contributed by atoms with Gasteiger partial charge in [-0.25, -0.2) is 14.4 Å². The van der Waals surface area contributed by atoms with Gasteiger partial charge >= 0.3 is 0 Å². The number of aromatic nitrogens is 3. The first kappa shape index (κ1) is 20.5. The van der Waals surface area contributed by atoms with Gasteiger partial charge in [-0.3, -0.25) is 5.41 Å². The molecule has 3 aromatic rings. The predicted octanol–water partition coefficient (Wildman–Crippen LogP) is 2.22. The highest BCUT2D eigenvalue weighted by molar-refractivity contribution is 6.07. The lowest BCUT2D eigenvalue weighted by Crippen LogP contribution is -2.37. The molecule has 9 nitrogen and oxygen atoms in total. The predicted molar refractivity (Wildman–Crippen MR) is 114 cm³/mol. The van der Waals surface area contributed by atoms with Gasteiger partial charge in [-0.15, -0.1) is 0 Å². The maximum atomic E-state index is 14.0. The molecule has 0 bridgehead atoms. The molecule has 0 radical (unpaired) electrons. The molecular formula is C21H22FN7O2. The van der Waals surface area contributed by atoms with E-state index in [1.807, 2.05) is 0 Å². The quantitative estimate of drug-likeness (QED) is 0.494. The summed E-state index contributed by atoms with van der Waals surface area (Å²) in [6.45, 7) is 2.86. The molecule has 4 N–H and O–H groups in total. The first-order valence-electron chi connectivity index (χ1n) is 9.75. The third kappa shape index (κ3) is 4.86. The highest BCUT2D eigenvalue weighted by atomic mass is 19.1. The van der Waals surface area contributed by atoms with Gasteiger partial charge in [0.15, 0.2) is 11.6 Å². The molecule has 1 aliphatic heterocycles. The topological polar surface area (TPSA) is 126 Å². The van der Waals surface area contributed by atoms with Gasteiger partial charge in [-0.2, -0.15) is 0 Å². The van der Waals surface area contributed by atoms with Crippen LogP contribution in [0, 0.1) is 11.2 Å². The monoisotopic (exact) mass is 423 g/mol. The maximum absolute atomic E-state index is 14.0. The van der Waals surface area contributed by atoms with E-state index in [4.69, 9.17) is 20.4 Å². The molecule has 1 fully saturated rings. The molecule has 2 aromatic heterocycles. The lowest BCUT2D eigenvalue weighted by molar-refractivity contribution is 0.122. The van der Waals surface area contributed by atoms with E-state index >= 15 is 0 Å². The Balaban J connectivity index is 1.55. The Morgan fingerprint density at radius 1 is 1.26 bits per heavy atom. The van der Waals surface area contributed by atoms with Gasteiger partial charge in [0.25, 0.3) is 0 Å². The number of rotatable bonds is 7. The minimum absolute atomic E-state index is 0.0271. The summed E-state index contributed by atoms with van der Waals surface area (Å²) in [4.78, 5) is 10.7. The summed E-state index contributed by atoms with van der Waals surface area (Å²) < 4.78 is 24.2. The number of halogens is 1. The van der Waals surface area contributed by atoms with Crippen molar-refractivity contribution in [2.75, 3.05) is 36.9 Å². The fourth-order valence-corrected chi connectivity index (χ4v) is 3.17. The van der Waals surface area contributed by atoms with Crippen LogP contribution in [0.4, 0.5) is 15.9 Å². The van der Waals surface area contributed by atoms with Crippen molar-refractivity contribution in [3.63, 3.8) is 0 Å². The van der Waals surface area contributed by atoms with Gasteiger partial charge in [0.2, 0.25) is 0 Å². The molecule has 0 unspecified atom stereocenters. The summed E-state index contributed by atoms with van der Waals surface area (Å²) in [5.74, 6) is 0.148. The Bertz CT molecular complexity index is 1080. The number of allylic oxidation sites excluding steroid dienone is 1. The minimum Gasteiger partial charge on any atom is -0.382 e. The van der Waals surface area contributed by atoms with Crippen LogP contribution in [-0.4, -0.2) is 47.1 Å². The molecule has 1 saturated heterocycles. The zero-order chi connectivity index (χ0) is 21.6. The number of morpholine rings is 1. The van der Waals surface area contributed by atoms with Crippen molar-refractivity contribution in [2.45, 2.75) is 6.54 Å². The van der Waals surface area contributed by atoms with Crippen molar-refractivity contribution in [1.82, 2.24) is 20.4 Å². The third-order valence-corrected chi connectivity index (χ3v) is 4.82. The van der Waals surface area contributed by atoms with Gasteiger partial charge in [-0.1, -0.05) is 23.4 Å². The van der Waals surface area contributed by atoms with Crippen LogP contribution >= 0.6 is 0 Å². The third-order valence-electron chi connectivity index (χ3n) is 4.82. The fourth-order valence-electron chi connectivity index (χ4n) is 3.17. The summed E-state index contributed by atoms with van der Waals surface area (Å²) >= 11 is 0.